The minimum atomic E-state index is -0.0621. The van der Waals surface area contributed by atoms with Crippen LogP contribution in [0.5, 0.6) is 11.5 Å². The monoisotopic (exact) mass is 483 g/mol. The summed E-state index contributed by atoms with van der Waals surface area (Å²) in [4.78, 5) is 23.5. The molecule has 1 saturated carbocycles. The molecular weight excluding hydrogens is 440 g/mol. The van der Waals surface area contributed by atoms with E-state index in [1.165, 1.54) is 30.9 Å². The molecule has 0 saturated heterocycles. The van der Waals surface area contributed by atoms with Gasteiger partial charge in [-0.3, -0.25) is 4.79 Å². The smallest absolute Gasteiger partial charge is 0.260 e. The van der Waals surface area contributed by atoms with E-state index in [2.05, 4.69) is 19.2 Å². The minimum Gasteiger partial charge on any atom is -0.496 e. The molecule has 192 valence electrons. The first-order valence-electron chi connectivity index (χ1n) is 12.8. The molecule has 1 unspecified atom stereocenters. The summed E-state index contributed by atoms with van der Waals surface area (Å²) in [5, 5.41) is 2.78. The van der Waals surface area contributed by atoms with Gasteiger partial charge in [0.15, 0.2) is 0 Å². The Morgan fingerprint density at radius 3 is 2.26 bits per heavy atom. The third-order valence-electron chi connectivity index (χ3n) is 7.19. The van der Waals surface area contributed by atoms with Crippen molar-refractivity contribution in [1.82, 2.24) is 0 Å². The van der Waals surface area contributed by atoms with E-state index in [-0.39, 0.29) is 11.9 Å². The maximum atomic E-state index is 12.6. The molecule has 1 N–H and O–H groups in total. The lowest BCUT2D eigenvalue weighted by Crippen LogP contribution is -2.28. The van der Waals surface area contributed by atoms with Gasteiger partial charge < -0.3 is 14.8 Å². The van der Waals surface area contributed by atoms with E-state index < -0.39 is 0 Å². The van der Waals surface area contributed by atoms with Crippen LogP contribution in [0.4, 0.5) is 11.4 Å². The van der Waals surface area contributed by atoms with Gasteiger partial charge in [-0.1, -0.05) is 33.3 Å². The van der Waals surface area contributed by atoms with Crippen molar-refractivity contribution in [2.45, 2.75) is 79.2 Å². The fourth-order valence-electron chi connectivity index (χ4n) is 4.82. The number of nitrogens with zero attached hydrogens (tertiary/aromatic N) is 1. The summed E-state index contributed by atoms with van der Waals surface area (Å²) >= 11 is 0. The van der Waals surface area contributed by atoms with Gasteiger partial charge in [0.1, 0.15) is 11.5 Å². The summed E-state index contributed by atoms with van der Waals surface area (Å²) in [6.45, 7) is 10.1. The van der Waals surface area contributed by atoms with Crippen LogP contribution in [0, 0.1) is 23.7 Å². The number of nitroso groups, excluding NO2 is 1. The Morgan fingerprint density at radius 2 is 1.71 bits per heavy atom. The Bertz CT molecular complexity index is 981. The number of ether oxygens (including phenoxy) is 2. The number of nitrogens with one attached hydrogen (secondary N) is 1. The molecule has 0 spiro atoms. The highest BCUT2D eigenvalue weighted by Gasteiger charge is 2.34. The van der Waals surface area contributed by atoms with Crippen molar-refractivity contribution in [2.24, 2.45) is 11.8 Å². The second kappa shape index (κ2) is 13.9. The van der Waals surface area contributed by atoms with Crippen LogP contribution < -0.4 is 14.8 Å². The van der Waals surface area contributed by atoms with Crippen LogP contribution >= 0.6 is 0 Å². The molecule has 0 heterocycles. The fourth-order valence-corrected chi connectivity index (χ4v) is 4.82. The van der Waals surface area contributed by atoms with Crippen LogP contribution in [-0.4, -0.2) is 30.9 Å². The second-order valence-corrected chi connectivity index (χ2v) is 9.45. The fraction of sp³-hybridized carbons (Fsp3) is 0.552. The third-order valence-corrected chi connectivity index (χ3v) is 7.19. The molecular formula is C29H43N2O4+. The van der Waals surface area contributed by atoms with Crippen molar-refractivity contribution in [1.29, 1.82) is 0 Å². The zero-order valence-corrected chi connectivity index (χ0v) is 22.5. The van der Waals surface area contributed by atoms with Gasteiger partial charge in [0, 0.05) is 46.7 Å². The van der Waals surface area contributed by atoms with Gasteiger partial charge in [0.05, 0.1) is 20.3 Å². The molecule has 0 aromatic heterocycles. The lowest BCUT2D eigenvalue weighted by Gasteiger charge is -2.28. The Hall–Kier alpha value is -2.89. The van der Waals surface area contributed by atoms with Gasteiger partial charge in [-0.05, 0) is 61.8 Å². The Kier molecular flexibility index (Phi) is 11.2. The van der Waals surface area contributed by atoms with Crippen molar-refractivity contribution >= 4 is 17.3 Å². The highest BCUT2D eigenvalue weighted by molar-refractivity contribution is 5.90. The molecule has 1 fully saturated rings. The maximum absolute atomic E-state index is 12.6. The zero-order chi connectivity index (χ0) is 26.0. The molecule has 1 aliphatic rings. The standard InChI is InChI=1S/C18H28NO2.C11H15NO2/c1-5-13(2)15-7-10-16(11-8-15)19(20)17-9-6-14(3)18(12-17)21-4;1-4-9-10(12-8(2)13)6-5-7-11(9)14-3/h6,9,12-13,15-16H,5,7-8,10-11H2,1-4H3;5-7H,4H2,1-3H3,(H,12,13)/q+1;. The van der Waals surface area contributed by atoms with Crippen molar-refractivity contribution in [3.63, 3.8) is 0 Å². The number of anilines is 1. The first-order chi connectivity index (χ1) is 16.7. The molecule has 0 bridgehead atoms. The number of carbonyl (C=O) groups is 1. The van der Waals surface area contributed by atoms with Gasteiger partial charge in [-0.15, -0.1) is 0 Å². The molecule has 2 aromatic carbocycles. The van der Waals surface area contributed by atoms with E-state index in [0.29, 0.717) is 0 Å². The maximum Gasteiger partial charge on any atom is 0.260 e. The van der Waals surface area contributed by atoms with Gasteiger partial charge >= 0.3 is 0 Å². The van der Waals surface area contributed by atoms with Crippen LogP contribution in [0.25, 0.3) is 0 Å². The lowest BCUT2D eigenvalue weighted by molar-refractivity contribution is -0.511. The van der Waals surface area contributed by atoms with Gasteiger partial charge in [0.2, 0.25) is 11.9 Å². The van der Waals surface area contributed by atoms with E-state index in [4.69, 9.17) is 9.47 Å². The number of rotatable bonds is 8. The van der Waals surface area contributed by atoms with Crippen molar-refractivity contribution in [3.05, 3.63) is 52.4 Å². The Balaban J connectivity index is 0.000000269. The van der Waals surface area contributed by atoms with Crippen LogP contribution in [0.3, 0.4) is 0 Å². The summed E-state index contributed by atoms with van der Waals surface area (Å²) in [6.07, 6.45) is 6.46. The van der Waals surface area contributed by atoms with Crippen LogP contribution in [0.2, 0.25) is 0 Å². The first kappa shape index (κ1) is 28.3. The van der Waals surface area contributed by atoms with E-state index in [9.17, 15) is 9.70 Å². The first-order valence-corrected chi connectivity index (χ1v) is 12.8. The van der Waals surface area contributed by atoms with Crippen molar-refractivity contribution in [3.8, 4) is 11.5 Å². The van der Waals surface area contributed by atoms with E-state index in [1.807, 2.05) is 50.2 Å². The van der Waals surface area contributed by atoms with E-state index >= 15 is 0 Å². The second-order valence-electron chi connectivity index (χ2n) is 9.45. The Labute approximate surface area is 211 Å². The largest absolute Gasteiger partial charge is 0.496 e. The molecule has 1 aliphatic carbocycles. The zero-order valence-electron chi connectivity index (χ0n) is 22.5. The topological polar surface area (TPSA) is 67.6 Å². The lowest BCUT2D eigenvalue weighted by atomic mass is 9.78. The number of aryl methyl sites for hydroxylation is 1. The molecule has 6 nitrogen and oxygen atoms in total. The highest BCUT2D eigenvalue weighted by atomic mass is 16.5. The number of hydrogen-bond donors (Lipinski definition) is 1. The summed E-state index contributed by atoms with van der Waals surface area (Å²) in [6, 6.07) is 11.5. The molecule has 1 atom stereocenters. The summed E-state index contributed by atoms with van der Waals surface area (Å²) < 4.78 is 11.7. The summed E-state index contributed by atoms with van der Waals surface area (Å²) in [5.74, 6) is 3.13. The molecule has 1 amide bonds. The number of benzene rings is 2. The normalized spacial score (nSPS) is 18.0. The van der Waals surface area contributed by atoms with Gasteiger partial charge in [-0.25, -0.2) is 0 Å². The van der Waals surface area contributed by atoms with Crippen LogP contribution in [0.15, 0.2) is 36.4 Å². The van der Waals surface area contributed by atoms with Gasteiger partial charge in [-0.2, -0.15) is 0 Å². The molecule has 2 aromatic rings. The molecule has 0 aliphatic heterocycles. The number of amides is 1. The molecule has 35 heavy (non-hydrogen) atoms. The molecule has 0 radical (unpaired) electrons. The predicted molar refractivity (Wildman–Crippen MR) is 143 cm³/mol. The van der Waals surface area contributed by atoms with Gasteiger partial charge in [0.25, 0.3) is 5.69 Å². The summed E-state index contributed by atoms with van der Waals surface area (Å²) in [7, 11) is 3.28. The average molecular weight is 484 g/mol. The number of hydrogen-bond acceptors (Lipinski definition) is 4. The van der Waals surface area contributed by atoms with Crippen LogP contribution in [-0.2, 0) is 11.2 Å². The number of carbonyl (C=O) groups excluding carboxylic acids is 1. The quantitative estimate of drug-likeness (QED) is 0.402. The van der Waals surface area contributed by atoms with E-state index in [1.54, 1.807) is 14.2 Å². The van der Waals surface area contributed by atoms with Crippen LogP contribution in [0.1, 0.15) is 70.9 Å². The number of methoxy groups -OCH3 is 2. The Morgan fingerprint density at radius 1 is 1.06 bits per heavy atom. The third kappa shape index (κ3) is 7.81. The summed E-state index contributed by atoms with van der Waals surface area (Å²) in [5.41, 5.74) is 3.66. The van der Waals surface area contributed by atoms with E-state index in [0.717, 1.165) is 65.1 Å². The highest BCUT2D eigenvalue weighted by Crippen LogP contribution is 2.35. The molecule has 3 rings (SSSR count). The molecule has 6 heteroatoms. The predicted octanol–water partition coefficient (Wildman–Crippen LogP) is 7.23. The average Bonchev–Trinajstić information content (AvgIpc) is 2.88. The van der Waals surface area contributed by atoms with Crippen molar-refractivity contribution in [2.75, 3.05) is 19.5 Å². The minimum absolute atomic E-state index is 0.0621. The SMILES string of the molecule is CCC(C)C1CCC([N+](=O)c2ccc(C)c(OC)c2)CC1.CCc1c(NC(C)=O)cccc1OC. The van der Waals surface area contributed by atoms with Crippen molar-refractivity contribution < 1.29 is 19.0 Å².